The third-order valence-corrected chi connectivity index (χ3v) is 1.44. The number of nitrogens with two attached hydrogens (primary N) is 1. The number of hydrogen-bond acceptors (Lipinski definition) is 6. The number of primary amides is 1. The van der Waals surface area contributed by atoms with E-state index in [1.807, 2.05) is 5.32 Å². The molecule has 1 heterocycles. The molecule has 0 spiro atoms. The Kier molecular flexibility index (Phi) is 4.07. The summed E-state index contributed by atoms with van der Waals surface area (Å²) < 4.78 is 40.1. The topological polar surface area (TPSA) is 115 Å². The van der Waals surface area contributed by atoms with Gasteiger partial charge in [0.1, 0.15) is 0 Å². The molecular formula is C7H9F3N6O2. The molecule has 0 radical (unpaired) electrons. The summed E-state index contributed by atoms with van der Waals surface area (Å²) >= 11 is 0. The van der Waals surface area contributed by atoms with Crippen LogP contribution in [0.3, 0.4) is 0 Å². The van der Waals surface area contributed by atoms with Crippen LogP contribution in [0.4, 0.5) is 29.9 Å². The van der Waals surface area contributed by atoms with E-state index in [9.17, 15) is 18.0 Å². The van der Waals surface area contributed by atoms with Crippen LogP contribution in [0.1, 0.15) is 0 Å². The van der Waals surface area contributed by atoms with Crippen molar-refractivity contribution >= 4 is 17.9 Å². The third-order valence-electron chi connectivity index (χ3n) is 1.44. The molecule has 4 N–H and O–H groups in total. The van der Waals surface area contributed by atoms with Crippen LogP contribution in [0.2, 0.25) is 0 Å². The average Bonchev–Trinajstić information content (AvgIpc) is 2.24. The summed E-state index contributed by atoms with van der Waals surface area (Å²) in [6, 6.07) is -1.56. The number of nitrogens with zero attached hydrogens (tertiary/aromatic N) is 3. The van der Waals surface area contributed by atoms with E-state index in [0.717, 1.165) is 0 Å². The van der Waals surface area contributed by atoms with E-state index in [-0.39, 0.29) is 11.9 Å². The molecule has 1 aromatic rings. The maximum Gasteiger partial charge on any atom is 0.422 e. The average molecular weight is 266 g/mol. The highest BCUT2D eigenvalue weighted by Crippen LogP contribution is 2.17. The number of halogens is 3. The van der Waals surface area contributed by atoms with Crippen molar-refractivity contribution in [1.29, 1.82) is 0 Å². The van der Waals surface area contributed by atoms with Gasteiger partial charge < -0.3 is 15.8 Å². The third kappa shape index (κ3) is 4.67. The Hall–Kier alpha value is -2.33. The molecule has 8 nitrogen and oxygen atoms in total. The van der Waals surface area contributed by atoms with Crippen molar-refractivity contribution in [2.45, 2.75) is 6.18 Å². The Balaban J connectivity index is 2.86. The van der Waals surface area contributed by atoms with E-state index in [2.05, 4.69) is 25.0 Å². The molecule has 18 heavy (non-hydrogen) atoms. The Labute approximate surface area is 98.8 Å². The number of rotatable bonds is 4. The lowest BCUT2D eigenvalue weighted by Gasteiger charge is -2.09. The van der Waals surface area contributed by atoms with Crippen LogP contribution < -0.4 is 21.1 Å². The largest absolute Gasteiger partial charge is 0.454 e. The van der Waals surface area contributed by atoms with Gasteiger partial charge in [0.05, 0.1) is 0 Å². The van der Waals surface area contributed by atoms with Crippen molar-refractivity contribution < 1.29 is 22.7 Å². The molecule has 0 aliphatic carbocycles. The zero-order valence-corrected chi connectivity index (χ0v) is 9.08. The molecular weight excluding hydrogens is 257 g/mol. The van der Waals surface area contributed by atoms with Crippen molar-refractivity contribution in [2.24, 2.45) is 5.73 Å². The van der Waals surface area contributed by atoms with Crippen LogP contribution in [-0.4, -0.2) is 40.8 Å². The molecule has 0 fully saturated rings. The van der Waals surface area contributed by atoms with Crippen LogP contribution >= 0.6 is 0 Å². The maximum atomic E-state index is 11.9. The molecule has 1 aromatic heterocycles. The van der Waals surface area contributed by atoms with Crippen molar-refractivity contribution in [3.63, 3.8) is 0 Å². The molecule has 0 aliphatic rings. The Morgan fingerprint density at radius 3 is 2.44 bits per heavy atom. The molecule has 0 aromatic carbocycles. The van der Waals surface area contributed by atoms with Crippen molar-refractivity contribution in [1.82, 2.24) is 15.0 Å². The lowest BCUT2D eigenvalue weighted by atomic mass is 10.7. The normalized spacial score (nSPS) is 10.9. The Bertz CT molecular complexity index is 438. The first-order valence-corrected chi connectivity index (χ1v) is 4.50. The minimum absolute atomic E-state index is 0.0778. The first-order valence-electron chi connectivity index (χ1n) is 4.50. The number of hydrogen-bond donors (Lipinski definition) is 3. The minimum atomic E-state index is -4.52. The number of amides is 2. The Morgan fingerprint density at radius 1 is 1.33 bits per heavy atom. The molecule has 0 bridgehead atoms. The maximum absolute atomic E-state index is 11.9. The molecule has 11 heteroatoms. The zero-order valence-electron chi connectivity index (χ0n) is 9.08. The van der Waals surface area contributed by atoms with Gasteiger partial charge in [-0.25, -0.2) is 4.79 Å². The lowest BCUT2D eigenvalue weighted by Crippen LogP contribution is -2.23. The highest BCUT2D eigenvalue weighted by molar-refractivity contribution is 5.85. The molecule has 0 unspecified atom stereocenters. The molecule has 2 amide bonds. The standard InChI is InChI=1S/C7H9F3N6O2/c1-12-4-14-5(13-3(11)17)16-6(15-4)18-2-7(8,9)10/h2H2,1H3,(H4,11,12,13,14,15,16,17). The SMILES string of the molecule is CNc1nc(NC(N)=O)nc(OCC(F)(F)F)n1. The van der Waals surface area contributed by atoms with Gasteiger partial charge in [-0.15, -0.1) is 0 Å². The fraction of sp³-hybridized carbons (Fsp3) is 0.429. The van der Waals surface area contributed by atoms with Crippen LogP contribution in [0, 0.1) is 0 Å². The monoisotopic (exact) mass is 266 g/mol. The molecule has 100 valence electrons. The van der Waals surface area contributed by atoms with Gasteiger partial charge >= 0.3 is 18.2 Å². The molecule has 0 aliphatic heterocycles. The van der Waals surface area contributed by atoms with Gasteiger partial charge in [0.15, 0.2) is 6.61 Å². The predicted octanol–water partition coefficient (Wildman–Crippen LogP) is 0.345. The highest BCUT2D eigenvalue weighted by atomic mass is 19.4. The fourth-order valence-corrected chi connectivity index (χ4v) is 0.845. The van der Waals surface area contributed by atoms with E-state index >= 15 is 0 Å². The summed E-state index contributed by atoms with van der Waals surface area (Å²) in [5.41, 5.74) is 4.82. The molecule has 0 saturated carbocycles. The second kappa shape index (κ2) is 5.33. The first-order chi connectivity index (χ1) is 8.30. The second-order valence-electron chi connectivity index (χ2n) is 2.91. The molecule has 1 rings (SSSR count). The van der Waals surface area contributed by atoms with Gasteiger partial charge in [-0.05, 0) is 0 Å². The van der Waals surface area contributed by atoms with E-state index in [0.29, 0.717) is 0 Å². The number of nitrogens with one attached hydrogen (secondary N) is 2. The Morgan fingerprint density at radius 2 is 1.94 bits per heavy atom. The smallest absolute Gasteiger partial charge is 0.422 e. The number of anilines is 2. The zero-order chi connectivity index (χ0) is 13.8. The van der Waals surface area contributed by atoms with Gasteiger partial charge in [0, 0.05) is 7.05 Å². The van der Waals surface area contributed by atoms with Crippen LogP contribution in [-0.2, 0) is 0 Å². The quantitative estimate of drug-likeness (QED) is 0.724. The second-order valence-corrected chi connectivity index (χ2v) is 2.91. The van der Waals surface area contributed by atoms with E-state index in [1.54, 1.807) is 0 Å². The van der Waals surface area contributed by atoms with Gasteiger partial charge in [-0.2, -0.15) is 28.1 Å². The summed E-state index contributed by atoms with van der Waals surface area (Å²) in [6.07, 6.45) is -4.52. The van der Waals surface area contributed by atoms with Crippen molar-refractivity contribution in [2.75, 3.05) is 24.3 Å². The number of carbonyl (C=O) groups is 1. The summed E-state index contributed by atoms with van der Waals surface area (Å²) in [7, 11) is 1.43. The molecule has 0 saturated heterocycles. The van der Waals surface area contributed by atoms with Gasteiger partial charge in [0.2, 0.25) is 11.9 Å². The molecule has 0 atom stereocenters. The predicted molar refractivity (Wildman–Crippen MR) is 54.1 cm³/mol. The number of urea groups is 1. The van der Waals surface area contributed by atoms with Crippen LogP contribution in [0.5, 0.6) is 6.01 Å². The first kappa shape index (κ1) is 13.7. The van der Waals surface area contributed by atoms with Crippen molar-refractivity contribution in [3.05, 3.63) is 0 Å². The highest BCUT2D eigenvalue weighted by Gasteiger charge is 2.29. The van der Waals surface area contributed by atoms with Gasteiger partial charge in [-0.3, -0.25) is 5.32 Å². The lowest BCUT2D eigenvalue weighted by molar-refractivity contribution is -0.154. The fourth-order valence-electron chi connectivity index (χ4n) is 0.845. The minimum Gasteiger partial charge on any atom is -0.454 e. The van der Waals surface area contributed by atoms with E-state index < -0.39 is 24.8 Å². The number of alkyl halides is 3. The summed E-state index contributed by atoms with van der Waals surface area (Å²) in [6.45, 7) is -1.56. The van der Waals surface area contributed by atoms with E-state index in [4.69, 9.17) is 5.73 Å². The van der Waals surface area contributed by atoms with Gasteiger partial charge in [0.25, 0.3) is 0 Å². The van der Waals surface area contributed by atoms with Crippen LogP contribution in [0.15, 0.2) is 0 Å². The van der Waals surface area contributed by atoms with Crippen molar-refractivity contribution in [3.8, 4) is 6.01 Å². The number of ether oxygens (including phenoxy) is 1. The van der Waals surface area contributed by atoms with Gasteiger partial charge in [-0.1, -0.05) is 0 Å². The van der Waals surface area contributed by atoms with Crippen LogP contribution in [0.25, 0.3) is 0 Å². The summed E-state index contributed by atoms with van der Waals surface area (Å²) in [5.74, 6) is -0.398. The summed E-state index contributed by atoms with van der Waals surface area (Å²) in [5, 5.41) is 4.45. The summed E-state index contributed by atoms with van der Waals surface area (Å²) in [4.78, 5) is 21.1. The van der Waals surface area contributed by atoms with E-state index in [1.165, 1.54) is 7.05 Å². The number of aromatic nitrogens is 3. The number of carbonyl (C=O) groups excluding carboxylic acids is 1.